The molecular weight excluding hydrogens is 428 g/mol. The number of carbonyl (C=O) groups is 2. The fourth-order valence-corrected chi connectivity index (χ4v) is 4.63. The molecule has 33 heavy (non-hydrogen) atoms. The van der Waals surface area contributed by atoms with Crippen LogP contribution in [-0.2, 0) is 10.3 Å². The first kappa shape index (κ1) is 24.2. The molecule has 10 nitrogen and oxygen atoms in total. The van der Waals surface area contributed by atoms with E-state index in [0.717, 1.165) is 0 Å². The van der Waals surface area contributed by atoms with Crippen LogP contribution in [0.25, 0.3) is 10.9 Å². The van der Waals surface area contributed by atoms with Gasteiger partial charge in [-0.3, -0.25) is 19.7 Å². The molecule has 1 aromatic carbocycles. The zero-order valence-corrected chi connectivity index (χ0v) is 19.8. The number of hydrogen-bond acceptors (Lipinski definition) is 6. The fourth-order valence-electron chi connectivity index (χ4n) is 4.63. The number of carboxylic acids is 1. The number of nitrogens with zero attached hydrogens (tertiary/aromatic N) is 4. The summed E-state index contributed by atoms with van der Waals surface area (Å²) in [4.78, 5) is 52.2. The van der Waals surface area contributed by atoms with Crippen LogP contribution in [0.15, 0.2) is 17.1 Å². The van der Waals surface area contributed by atoms with Crippen molar-refractivity contribution < 1.29 is 19.6 Å². The average Bonchev–Trinajstić information content (AvgIpc) is 2.72. The molecule has 2 heterocycles. The third-order valence-corrected chi connectivity index (χ3v) is 6.16. The highest BCUT2D eigenvalue weighted by Crippen LogP contribution is 2.40. The SMILES string of the molecule is Cc1c(N2CCCC(C(=O)N(C)C)C2)c([N+](=O)[O-])cc2c(=O)c(C(=O)O)cn(C(C)(C)C)c12. The highest BCUT2D eigenvalue weighted by Gasteiger charge is 2.34. The standard InChI is InChI=1S/C23H30N4O6/c1-13-18-15(20(28)16(22(30)31)12-26(18)23(2,3)4)10-17(27(32)33)19(13)25-9-7-8-14(11-25)21(29)24(5)6/h10,12,14H,7-9,11H2,1-6H3,(H,30,31). The lowest BCUT2D eigenvalue weighted by molar-refractivity contribution is -0.384. The maximum atomic E-state index is 13.0. The Morgan fingerprint density at radius 3 is 2.42 bits per heavy atom. The Morgan fingerprint density at radius 1 is 1.27 bits per heavy atom. The first-order valence-corrected chi connectivity index (χ1v) is 10.8. The second kappa shape index (κ2) is 8.49. The molecule has 1 saturated heterocycles. The van der Waals surface area contributed by atoms with Gasteiger partial charge < -0.3 is 19.5 Å². The van der Waals surface area contributed by atoms with Crippen LogP contribution in [0.3, 0.4) is 0 Å². The highest BCUT2D eigenvalue weighted by atomic mass is 16.6. The summed E-state index contributed by atoms with van der Waals surface area (Å²) in [5.41, 5.74) is -0.717. The van der Waals surface area contributed by atoms with Crippen molar-refractivity contribution in [3.8, 4) is 0 Å². The smallest absolute Gasteiger partial charge is 0.341 e. The lowest BCUT2D eigenvalue weighted by Gasteiger charge is -2.36. The minimum Gasteiger partial charge on any atom is -0.477 e. The van der Waals surface area contributed by atoms with Crippen molar-refractivity contribution in [1.82, 2.24) is 9.47 Å². The van der Waals surface area contributed by atoms with Crippen LogP contribution in [-0.4, -0.2) is 58.6 Å². The maximum absolute atomic E-state index is 13.0. The first-order chi connectivity index (χ1) is 15.3. The predicted octanol–water partition coefficient (Wildman–Crippen LogP) is 2.98. The van der Waals surface area contributed by atoms with Crippen molar-refractivity contribution in [3.63, 3.8) is 0 Å². The molecule has 0 spiro atoms. The summed E-state index contributed by atoms with van der Waals surface area (Å²) in [6.45, 7) is 8.19. The van der Waals surface area contributed by atoms with Gasteiger partial charge in [0.05, 0.1) is 21.7 Å². The lowest BCUT2D eigenvalue weighted by Crippen LogP contribution is -2.43. The molecule has 178 valence electrons. The third-order valence-electron chi connectivity index (χ3n) is 6.16. The topological polar surface area (TPSA) is 126 Å². The van der Waals surface area contributed by atoms with Gasteiger partial charge in [-0.1, -0.05) is 0 Å². The Kier molecular flexibility index (Phi) is 6.23. The summed E-state index contributed by atoms with van der Waals surface area (Å²) in [5.74, 6) is -1.70. The van der Waals surface area contributed by atoms with Crippen LogP contribution in [0.4, 0.5) is 11.4 Å². The molecule has 1 fully saturated rings. The van der Waals surface area contributed by atoms with Gasteiger partial charge in [0, 0.05) is 50.6 Å². The number of nitro groups is 1. The lowest BCUT2D eigenvalue weighted by atomic mass is 9.94. The van der Waals surface area contributed by atoms with Gasteiger partial charge in [-0.2, -0.15) is 0 Å². The van der Waals surface area contributed by atoms with E-state index < -0.39 is 27.4 Å². The number of aryl methyl sites for hydroxylation is 1. The fraction of sp³-hybridized carbons (Fsp3) is 0.522. The van der Waals surface area contributed by atoms with E-state index in [1.807, 2.05) is 25.7 Å². The zero-order chi connectivity index (χ0) is 24.8. The van der Waals surface area contributed by atoms with E-state index in [4.69, 9.17) is 0 Å². The van der Waals surface area contributed by atoms with Gasteiger partial charge in [-0.15, -0.1) is 0 Å². The Bertz CT molecular complexity index is 1210. The Hall–Kier alpha value is -3.43. The van der Waals surface area contributed by atoms with Crippen molar-refractivity contribution in [2.24, 2.45) is 5.92 Å². The quantitative estimate of drug-likeness (QED) is 0.551. The van der Waals surface area contributed by atoms with Gasteiger partial charge in [-0.25, -0.2) is 4.79 Å². The van der Waals surface area contributed by atoms with E-state index in [1.165, 1.54) is 17.2 Å². The van der Waals surface area contributed by atoms with Crippen LogP contribution >= 0.6 is 0 Å². The van der Waals surface area contributed by atoms with Crippen LogP contribution in [0.1, 0.15) is 49.5 Å². The number of amides is 1. The molecule has 2 aromatic rings. The molecule has 0 bridgehead atoms. The van der Waals surface area contributed by atoms with Crippen molar-refractivity contribution in [2.75, 3.05) is 32.1 Å². The van der Waals surface area contributed by atoms with Crippen molar-refractivity contribution in [3.05, 3.63) is 43.7 Å². The van der Waals surface area contributed by atoms with Crippen molar-refractivity contribution in [2.45, 2.75) is 46.1 Å². The average molecular weight is 459 g/mol. The van der Waals surface area contributed by atoms with Gasteiger partial charge in [0.1, 0.15) is 11.3 Å². The monoisotopic (exact) mass is 458 g/mol. The van der Waals surface area contributed by atoms with Crippen molar-refractivity contribution in [1.29, 1.82) is 0 Å². The largest absolute Gasteiger partial charge is 0.477 e. The zero-order valence-electron chi connectivity index (χ0n) is 19.8. The summed E-state index contributed by atoms with van der Waals surface area (Å²) in [5, 5.41) is 21.6. The van der Waals surface area contributed by atoms with E-state index in [0.29, 0.717) is 42.7 Å². The molecule has 1 unspecified atom stereocenters. The molecule has 1 aliphatic rings. The molecule has 10 heteroatoms. The number of piperidine rings is 1. The molecule has 0 aliphatic carbocycles. The van der Waals surface area contributed by atoms with Crippen LogP contribution in [0, 0.1) is 23.0 Å². The number of nitro benzene ring substituents is 1. The highest BCUT2D eigenvalue weighted by molar-refractivity contribution is 5.97. The number of aromatic nitrogens is 1. The Labute approximate surface area is 191 Å². The minimum atomic E-state index is -1.38. The molecule has 1 N–H and O–H groups in total. The van der Waals surface area contributed by atoms with Gasteiger partial charge in [0.2, 0.25) is 11.3 Å². The summed E-state index contributed by atoms with van der Waals surface area (Å²) >= 11 is 0. The van der Waals surface area contributed by atoms with Gasteiger partial charge >= 0.3 is 5.97 Å². The van der Waals surface area contributed by atoms with Crippen LogP contribution < -0.4 is 10.3 Å². The van der Waals surface area contributed by atoms with Gasteiger partial charge in [-0.05, 0) is 40.5 Å². The Morgan fingerprint density at radius 2 is 1.91 bits per heavy atom. The summed E-state index contributed by atoms with van der Waals surface area (Å²) in [6, 6.07) is 1.19. The molecular formula is C23H30N4O6. The summed E-state index contributed by atoms with van der Waals surface area (Å²) < 4.78 is 1.70. The summed E-state index contributed by atoms with van der Waals surface area (Å²) in [7, 11) is 3.38. The molecule has 1 aromatic heterocycles. The third kappa shape index (κ3) is 4.29. The second-order valence-electron chi connectivity index (χ2n) is 9.76. The van der Waals surface area contributed by atoms with E-state index in [9.17, 15) is 29.6 Å². The van der Waals surface area contributed by atoms with Crippen molar-refractivity contribution >= 4 is 34.2 Å². The number of benzene rings is 1. The number of pyridine rings is 1. The maximum Gasteiger partial charge on any atom is 0.341 e. The van der Waals surface area contributed by atoms with Gasteiger partial charge in [0.25, 0.3) is 5.69 Å². The number of fused-ring (bicyclic) bond motifs is 1. The van der Waals surface area contributed by atoms with E-state index >= 15 is 0 Å². The number of carbonyl (C=O) groups excluding carboxylic acids is 1. The molecule has 3 rings (SSSR count). The number of hydrogen-bond donors (Lipinski definition) is 1. The molecule has 0 radical (unpaired) electrons. The molecule has 0 saturated carbocycles. The Balaban J connectivity index is 2.36. The first-order valence-electron chi connectivity index (χ1n) is 10.8. The number of carboxylic acid groups (broad SMARTS) is 1. The van der Waals surface area contributed by atoms with E-state index in [1.54, 1.807) is 25.6 Å². The van der Waals surface area contributed by atoms with Crippen LogP contribution in [0.2, 0.25) is 0 Å². The van der Waals surface area contributed by atoms with E-state index in [2.05, 4.69) is 0 Å². The predicted molar refractivity (Wildman–Crippen MR) is 125 cm³/mol. The molecule has 1 aliphatic heterocycles. The second-order valence-corrected chi connectivity index (χ2v) is 9.76. The van der Waals surface area contributed by atoms with E-state index in [-0.39, 0.29) is 22.9 Å². The number of aromatic carboxylic acids is 1. The molecule has 1 atom stereocenters. The van der Waals surface area contributed by atoms with Crippen LogP contribution in [0.5, 0.6) is 0 Å². The summed E-state index contributed by atoms with van der Waals surface area (Å²) in [6.07, 6.45) is 2.70. The normalized spacial score (nSPS) is 16.7. The molecule has 1 amide bonds. The van der Waals surface area contributed by atoms with Gasteiger partial charge in [0.15, 0.2) is 0 Å². The number of rotatable bonds is 4. The number of anilines is 1. The minimum absolute atomic E-state index is 0.00398.